The summed E-state index contributed by atoms with van der Waals surface area (Å²) >= 11 is 1.71. The Morgan fingerprint density at radius 3 is 3.00 bits per heavy atom. The number of anilines is 1. The molecule has 2 nitrogen and oxygen atoms in total. The number of amides is 1. The molecule has 1 aromatic heterocycles. The lowest BCUT2D eigenvalue weighted by molar-refractivity contribution is 0.0972. The Morgan fingerprint density at radius 2 is 2.06 bits per heavy atom. The van der Waals surface area contributed by atoms with Crippen LogP contribution < -0.4 is 4.90 Å². The van der Waals surface area contributed by atoms with Crippen molar-refractivity contribution in [1.29, 1.82) is 0 Å². The van der Waals surface area contributed by atoms with Gasteiger partial charge in [0.05, 0.1) is 5.56 Å². The van der Waals surface area contributed by atoms with Crippen LogP contribution in [0, 0.1) is 0 Å². The van der Waals surface area contributed by atoms with E-state index in [9.17, 15) is 4.79 Å². The van der Waals surface area contributed by atoms with Crippen LogP contribution >= 0.6 is 11.3 Å². The average molecular weight is 241 g/mol. The number of rotatable bonds is 0. The number of benzene rings is 1. The zero-order valence-corrected chi connectivity index (χ0v) is 10.0. The zero-order valence-electron chi connectivity index (χ0n) is 9.22. The van der Waals surface area contributed by atoms with E-state index in [4.69, 9.17) is 0 Å². The fraction of sp³-hybridized carbons (Fsp3) is 0.214. The fourth-order valence-electron chi connectivity index (χ4n) is 2.93. The number of hydrogen-bond donors (Lipinski definition) is 0. The molecule has 1 aromatic carbocycles. The van der Waals surface area contributed by atoms with Gasteiger partial charge in [-0.15, -0.1) is 11.3 Å². The first-order chi connectivity index (χ1) is 8.34. The Labute approximate surface area is 103 Å². The Hall–Kier alpha value is -1.61. The van der Waals surface area contributed by atoms with E-state index in [0.29, 0.717) is 6.04 Å². The van der Waals surface area contributed by atoms with Gasteiger partial charge in [-0.25, -0.2) is 0 Å². The quantitative estimate of drug-likeness (QED) is 0.694. The molecule has 2 aromatic rings. The molecule has 1 amide bonds. The molecule has 2 aliphatic heterocycles. The minimum absolute atomic E-state index is 0.183. The van der Waals surface area contributed by atoms with Crippen LogP contribution in [0.4, 0.5) is 5.69 Å². The summed E-state index contributed by atoms with van der Waals surface area (Å²) in [6, 6.07) is 10.6. The van der Waals surface area contributed by atoms with Gasteiger partial charge >= 0.3 is 0 Å². The lowest BCUT2D eigenvalue weighted by Gasteiger charge is -2.29. The molecule has 84 valence electrons. The molecule has 0 N–H and O–H groups in total. The van der Waals surface area contributed by atoms with E-state index >= 15 is 0 Å². The average Bonchev–Trinajstić information content (AvgIpc) is 2.92. The third-order valence-electron chi connectivity index (χ3n) is 3.69. The minimum atomic E-state index is 0.183. The Kier molecular flexibility index (Phi) is 1.77. The van der Waals surface area contributed by atoms with E-state index in [-0.39, 0.29) is 5.91 Å². The molecule has 3 heterocycles. The van der Waals surface area contributed by atoms with Crippen molar-refractivity contribution in [3.8, 4) is 0 Å². The molecule has 0 saturated carbocycles. The second kappa shape index (κ2) is 3.20. The van der Waals surface area contributed by atoms with E-state index < -0.39 is 0 Å². The van der Waals surface area contributed by atoms with Crippen molar-refractivity contribution in [3.05, 3.63) is 51.7 Å². The highest BCUT2D eigenvalue weighted by Crippen LogP contribution is 2.39. The molecule has 0 unspecified atom stereocenters. The predicted octanol–water partition coefficient (Wildman–Crippen LogP) is 2.88. The summed E-state index contributed by atoms with van der Waals surface area (Å²) in [5.41, 5.74) is 3.32. The number of carbonyl (C=O) groups is 1. The molecule has 0 fully saturated rings. The normalized spacial score (nSPS) is 21.1. The minimum Gasteiger partial charge on any atom is -0.304 e. The molecule has 4 rings (SSSR count). The molecule has 0 radical (unpaired) electrons. The first-order valence-corrected chi connectivity index (χ1v) is 6.70. The van der Waals surface area contributed by atoms with Gasteiger partial charge in [0.25, 0.3) is 5.91 Å². The van der Waals surface area contributed by atoms with E-state index in [1.807, 2.05) is 22.4 Å². The molecule has 17 heavy (non-hydrogen) atoms. The number of para-hydroxylation sites is 1. The van der Waals surface area contributed by atoms with Crippen molar-refractivity contribution in [1.82, 2.24) is 0 Å². The summed E-state index contributed by atoms with van der Waals surface area (Å²) in [6.07, 6.45) is 2.01. The standard InChI is InChI=1S/C14H11NOS/c16-14-11-5-6-17-13(11)8-10-7-9-3-1-2-4-12(9)15(10)14/h1-6,10H,7-8H2/t10-/m1/s1. The van der Waals surface area contributed by atoms with Gasteiger partial charge < -0.3 is 4.90 Å². The van der Waals surface area contributed by atoms with E-state index in [2.05, 4.69) is 18.2 Å². The lowest BCUT2D eigenvalue weighted by Crippen LogP contribution is -2.42. The van der Waals surface area contributed by atoms with Gasteiger partial charge in [-0.2, -0.15) is 0 Å². The molecule has 0 saturated heterocycles. The maximum absolute atomic E-state index is 12.5. The van der Waals surface area contributed by atoms with E-state index in [1.165, 1.54) is 10.4 Å². The Balaban J connectivity index is 1.88. The number of fused-ring (bicyclic) bond motifs is 4. The van der Waals surface area contributed by atoms with Gasteiger partial charge in [0.2, 0.25) is 0 Å². The van der Waals surface area contributed by atoms with Gasteiger partial charge in [-0.1, -0.05) is 18.2 Å². The first-order valence-electron chi connectivity index (χ1n) is 5.82. The zero-order chi connectivity index (χ0) is 11.4. The van der Waals surface area contributed by atoms with Crippen LogP contribution in [-0.2, 0) is 12.8 Å². The van der Waals surface area contributed by atoms with Crippen molar-refractivity contribution in [2.24, 2.45) is 0 Å². The molecule has 1 atom stereocenters. The Morgan fingerprint density at radius 1 is 1.18 bits per heavy atom. The second-order valence-electron chi connectivity index (χ2n) is 4.62. The topological polar surface area (TPSA) is 20.3 Å². The number of hydrogen-bond acceptors (Lipinski definition) is 2. The summed E-state index contributed by atoms with van der Waals surface area (Å²) in [6.45, 7) is 0. The highest BCUT2D eigenvalue weighted by Gasteiger charge is 2.39. The third kappa shape index (κ3) is 1.17. The maximum Gasteiger partial charge on any atom is 0.259 e. The molecular formula is C14H11NOS. The van der Waals surface area contributed by atoms with E-state index in [1.54, 1.807) is 11.3 Å². The van der Waals surface area contributed by atoms with Gasteiger partial charge in [0.15, 0.2) is 0 Å². The van der Waals surface area contributed by atoms with Crippen molar-refractivity contribution in [3.63, 3.8) is 0 Å². The number of thiophene rings is 1. The SMILES string of the molecule is O=C1c2ccsc2C[C@H]2Cc3ccccc3N12. The van der Waals surface area contributed by atoms with Crippen LogP contribution in [0.3, 0.4) is 0 Å². The largest absolute Gasteiger partial charge is 0.304 e. The van der Waals surface area contributed by atoms with Crippen LogP contribution in [0.25, 0.3) is 0 Å². The predicted molar refractivity (Wildman–Crippen MR) is 68.8 cm³/mol. The first kappa shape index (κ1) is 9.42. The van der Waals surface area contributed by atoms with Crippen LogP contribution in [0.5, 0.6) is 0 Å². The van der Waals surface area contributed by atoms with Gasteiger partial charge in [-0.3, -0.25) is 4.79 Å². The highest BCUT2D eigenvalue weighted by molar-refractivity contribution is 7.10. The summed E-state index contributed by atoms with van der Waals surface area (Å²) in [7, 11) is 0. The summed E-state index contributed by atoms with van der Waals surface area (Å²) < 4.78 is 0. The second-order valence-corrected chi connectivity index (χ2v) is 5.62. The third-order valence-corrected chi connectivity index (χ3v) is 4.63. The molecular weight excluding hydrogens is 230 g/mol. The maximum atomic E-state index is 12.5. The smallest absolute Gasteiger partial charge is 0.259 e. The van der Waals surface area contributed by atoms with Crippen molar-refractivity contribution in [2.75, 3.05) is 4.90 Å². The van der Waals surface area contributed by atoms with Crippen LogP contribution in [-0.4, -0.2) is 11.9 Å². The number of carbonyl (C=O) groups excluding carboxylic acids is 1. The van der Waals surface area contributed by atoms with E-state index in [0.717, 1.165) is 24.1 Å². The molecule has 0 spiro atoms. The summed E-state index contributed by atoms with van der Waals surface area (Å²) in [5.74, 6) is 0.183. The monoisotopic (exact) mass is 241 g/mol. The van der Waals surface area contributed by atoms with Gasteiger partial charge in [0, 0.05) is 23.0 Å². The highest BCUT2D eigenvalue weighted by atomic mass is 32.1. The Bertz CT molecular complexity index is 616. The molecule has 2 aliphatic rings. The van der Waals surface area contributed by atoms with Gasteiger partial charge in [-0.05, 0) is 29.5 Å². The van der Waals surface area contributed by atoms with Crippen molar-refractivity contribution < 1.29 is 4.79 Å². The lowest BCUT2D eigenvalue weighted by atomic mass is 10.0. The van der Waals surface area contributed by atoms with Crippen LogP contribution in [0.1, 0.15) is 20.8 Å². The molecule has 3 heteroatoms. The van der Waals surface area contributed by atoms with Crippen LogP contribution in [0.15, 0.2) is 35.7 Å². The summed E-state index contributed by atoms with van der Waals surface area (Å²) in [5, 5.41) is 2.02. The van der Waals surface area contributed by atoms with Crippen LogP contribution in [0.2, 0.25) is 0 Å². The molecule has 0 aliphatic carbocycles. The van der Waals surface area contributed by atoms with Crippen molar-refractivity contribution in [2.45, 2.75) is 18.9 Å². The van der Waals surface area contributed by atoms with Gasteiger partial charge in [0.1, 0.15) is 0 Å². The van der Waals surface area contributed by atoms with Crippen molar-refractivity contribution >= 4 is 22.9 Å². The molecule has 0 bridgehead atoms. The summed E-state index contributed by atoms with van der Waals surface area (Å²) in [4.78, 5) is 15.7. The fourth-order valence-corrected chi connectivity index (χ4v) is 3.87. The number of nitrogens with zero attached hydrogens (tertiary/aromatic N) is 1.